The molecule has 1 saturated carbocycles. The van der Waals surface area contributed by atoms with Gasteiger partial charge in [-0.1, -0.05) is 33.1 Å². The Bertz CT molecular complexity index is 504. The highest BCUT2D eigenvalue weighted by atomic mass is 35.5. The molecule has 1 spiro atoms. The third kappa shape index (κ3) is 4.19. The first-order valence-electron chi connectivity index (χ1n) is 8.29. The quantitative estimate of drug-likeness (QED) is 0.718. The summed E-state index contributed by atoms with van der Waals surface area (Å²) in [5.74, 6) is -0.495. The van der Waals surface area contributed by atoms with Crippen molar-refractivity contribution in [1.82, 2.24) is 15.1 Å². The van der Waals surface area contributed by atoms with Gasteiger partial charge in [-0.3, -0.25) is 14.5 Å². The number of likely N-dealkylation sites (N-methyl/N-ethyl adjacent to an activating group) is 1. The molecule has 1 aliphatic heterocycles. The number of carbonyl (C=O) groups is 3. The van der Waals surface area contributed by atoms with E-state index in [-0.39, 0.29) is 36.2 Å². The molecule has 7 nitrogen and oxygen atoms in total. The number of nitrogens with one attached hydrogen (secondary N) is 1. The van der Waals surface area contributed by atoms with Gasteiger partial charge in [0.25, 0.3) is 5.91 Å². The maximum Gasteiger partial charge on any atom is 0.325 e. The Morgan fingerprint density at radius 2 is 1.88 bits per heavy atom. The van der Waals surface area contributed by atoms with E-state index in [0.717, 1.165) is 24.2 Å². The standard InChI is InChI=1S/C16H28N4O3.ClH/c1-15(2,10-17)11-19(3)12(21)9-20-13(22)16(18-14(20)23)7-5-4-6-8-16;/h4-11,17H2,1-3H3,(H,18,23);1H. The molecule has 2 aliphatic rings. The van der Waals surface area contributed by atoms with Crippen molar-refractivity contribution in [2.24, 2.45) is 11.1 Å². The molecule has 8 heteroatoms. The minimum atomic E-state index is -0.773. The average Bonchev–Trinajstić information content (AvgIpc) is 2.72. The number of hydrogen-bond acceptors (Lipinski definition) is 4. The van der Waals surface area contributed by atoms with Crippen LogP contribution in [0.5, 0.6) is 0 Å². The van der Waals surface area contributed by atoms with Gasteiger partial charge in [0.05, 0.1) is 0 Å². The molecule has 0 aromatic carbocycles. The number of nitrogens with zero attached hydrogens (tertiary/aromatic N) is 2. The molecule has 1 saturated heterocycles. The summed E-state index contributed by atoms with van der Waals surface area (Å²) in [5, 5.41) is 2.82. The second-order valence-corrected chi connectivity index (χ2v) is 7.58. The van der Waals surface area contributed by atoms with Gasteiger partial charge in [0.1, 0.15) is 12.1 Å². The molecule has 0 bridgehead atoms. The molecule has 138 valence electrons. The van der Waals surface area contributed by atoms with Crippen LogP contribution in [0.25, 0.3) is 0 Å². The van der Waals surface area contributed by atoms with Gasteiger partial charge in [-0.15, -0.1) is 12.4 Å². The third-order valence-electron chi connectivity index (χ3n) is 4.89. The fraction of sp³-hybridized carbons (Fsp3) is 0.812. The van der Waals surface area contributed by atoms with E-state index >= 15 is 0 Å². The molecule has 1 aliphatic carbocycles. The number of urea groups is 1. The molecule has 0 aromatic rings. The number of nitrogens with two attached hydrogens (primary N) is 1. The van der Waals surface area contributed by atoms with E-state index in [2.05, 4.69) is 5.32 Å². The molecule has 0 aromatic heterocycles. The average molecular weight is 361 g/mol. The van der Waals surface area contributed by atoms with Crippen molar-refractivity contribution >= 4 is 30.3 Å². The summed E-state index contributed by atoms with van der Waals surface area (Å²) in [7, 11) is 1.68. The van der Waals surface area contributed by atoms with Crippen LogP contribution in [-0.4, -0.2) is 59.9 Å². The van der Waals surface area contributed by atoms with E-state index in [1.165, 1.54) is 0 Å². The summed E-state index contributed by atoms with van der Waals surface area (Å²) in [6.45, 7) is 4.68. The summed E-state index contributed by atoms with van der Waals surface area (Å²) in [5.41, 5.74) is 4.71. The largest absolute Gasteiger partial charge is 0.344 e. The van der Waals surface area contributed by atoms with Gasteiger partial charge in [0.15, 0.2) is 0 Å². The van der Waals surface area contributed by atoms with Crippen LogP contribution < -0.4 is 11.1 Å². The van der Waals surface area contributed by atoms with Crippen LogP contribution in [0.15, 0.2) is 0 Å². The Hall–Kier alpha value is -1.34. The lowest BCUT2D eigenvalue weighted by Crippen LogP contribution is -2.49. The van der Waals surface area contributed by atoms with Gasteiger partial charge in [-0.05, 0) is 24.8 Å². The number of amides is 4. The maximum atomic E-state index is 12.6. The fourth-order valence-electron chi connectivity index (χ4n) is 3.36. The SMILES string of the molecule is CN(CC(C)(C)CN)C(=O)CN1C(=O)NC2(CCCCC2)C1=O.Cl. The highest BCUT2D eigenvalue weighted by molar-refractivity contribution is 6.09. The Balaban J connectivity index is 0.00000288. The van der Waals surface area contributed by atoms with Crippen LogP contribution in [0.1, 0.15) is 46.0 Å². The van der Waals surface area contributed by atoms with Crippen LogP contribution in [0.2, 0.25) is 0 Å². The van der Waals surface area contributed by atoms with Gasteiger partial charge < -0.3 is 16.0 Å². The van der Waals surface area contributed by atoms with Crippen molar-refractivity contribution in [3.05, 3.63) is 0 Å². The van der Waals surface area contributed by atoms with Crippen molar-refractivity contribution in [3.8, 4) is 0 Å². The lowest BCUT2D eigenvalue weighted by molar-refractivity contribution is -0.139. The Morgan fingerprint density at radius 1 is 1.29 bits per heavy atom. The van der Waals surface area contributed by atoms with Crippen LogP contribution in [0.3, 0.4) is 0 Å². The first-order chi connectivity index (χ1) is 10.7. The lowest BCUT2D eigenvalue weighted by Gasteiger charge is -2.31. The highest BCUT2D eigenvalue weighted by Gasteiger charge is 2.51. The monoisotopic (exact) mass is 360 g/mol. The van der Waals surface area contributed by atoms with Gasteiger partial charge >= 0.3 is 6.03 Å². The first kappa shape index (κ1) is 20.7. The van der Waals surface area contributed by atoms with Gasteiger partial charge in [-0.25, -0.2) is 4.79 Å². The molecule has 0 atom stereocenters. The Kier molecular flexibility index (Phi) is 6.64. The van der Waals surface area contributed by atoms with Crippen LogP contribution in [0, 0.1) is 5.41 Å². The molecular formula is C16H29ClN4O3. The third-order valence-corrected chi connectivity index (χ3v) is 4.89. The lowest BCUT2D eigenvalue weighted by atomic mass is 9.82. The topological polar surface area (TPSA) is 95.7 Å². The van der Waals surface area contributed by atoms with Crippen LogP contribution in [0.4, 0.5) is 4.79 Å². The zero-order valence-corrected chi connectivity index (χ0v) is 15.6. The normalized spacial score (nSPS) is 19.9. The van der Waals surface area contributed by atoms with Crippen molar-refractivity contribution in [2.75, 3.05) is 26.7 Å². The smallest absolute Gasteiger partial charge is 0.325 e. The number of rotatable bonds is 5. The maximum absolute atomic E-state index is 12.6. The second-order valence-electron chi connectivity index (χ2n) is 7.58. The summed E-state index contributed by atoms with van der Waals surface area (Å²) >= 11 is 0. The summed E-state index contributed by atoms with van der Waals surface area (Å²) in [6, 6.07) is -0.447. The van der Waals surface area contributed by atoms with Gasteiger partial charge in [0.2, 0.25) is 5.91 Å². The highest BCUT2D eigenvalue weighted by Crippen LogP contribution is 2.33. The predicted octanol–water partition coefficient (Wildman–Crippen LogP) is 1.11. The molecule has 2 rings (SSSR count). The van der Waals surface area contributed by atoms with Gasteiger partial charge in [-0.2, -0.15) is 0 Å². The zero-order chi connectivity index (χ0) is 17.3. The van der Waals surface area contributed by atoms with Crippen LogP contribution >= 0.6 is 12.4 Å². The Morgan fingerprint density at radius 3 is 2.42 bits per heavy atom. The first-order valence-corrected chi connectivity index (χ1v) is 8.29. The Labute approximate surface area is 149 Å². The molecule has 3 N–H and O–H groups in total. The fourth-order valence-corrected chi connectivity index (χ4v) is 3.36. The number of hydrogen-bond donors (Lipinski definition) is 2. The van der Waals surface area contributed by atoms with Crippen LogP contribution in [-0.2, 0) is 9.59 Å². The van der Waals surface area contributed by atoms with E-state index in [1.807, 2.05) is 13.8 Å². The molecule has 0 radical (unpaired) electrons. The number of imide groups is 1. The second kappa shape index (κ2) is 7.70. The summed E-state index contributed by atoms with van der Waals surface area (Å²) < 4.78 is 0. The molecule has 24 heavy (non-hydrogen) atoms. The zero-order valence-electron chi connectivity index (χ0n) is 14.8. The van der Waals surface area contributed by atoms with Crippen molar-refractivity contribution < 1.29 is 14.4 Å². The molecular weight excluding hydrogens is 332 g/mol. The van der Waals surface area contributed by atoms with E-state index in [9.17, 15) is 14.4 Å². The summed E-state index contributed by atoms with van der Waals surface area (Å²) in [6.07, 6.45) is 4.27. The molecule has 0 unspecified atom stereocenters. The van der Waals surface area contributed by atoms with Gasteiger partial charge in [0, 0.05) is 13.6 Å². The minimum Gasteiger partial charge on any atom is -0.344 e. The summed E-state index contributed by atoms with van der Waals surface area (Å²) in [4.78, 5) is 39.8. The van der Waals surface area contributed by atoms with E-state index in [1.54, 1.807) is 11.9 Å². The predicted molar refractivity (Wildman–Crippen MR) is 93.8 cm³/mol. The van der Waals surface area contributed by atoms with Crippen molar-refractivity contribution in [1.29, 1.82) is 0 Å². The molecule has 2 fully saturated rings. The molecule has 4 amide bonds. The number of carbonyl (C=O) groups excluding carboxylic acids is 3. The van der Waals surface area contributed by atoms with E-state index in [4.69, 9.17) is 5.73 Å². The van der Waals surface area contributed by atoms with Crippen molar-refractivity contribution in [3.63, 3.8) is 0 Å². The number of halogens is 1. The van der Waals surface area contributed by atoms with Crippen molar-refractivity contribution in [2.45, 2.75) is 51.5 Å². The molecule has 1 heterocycles. The minimum absolute atomic E-state index is 0. The van der Waals surface area contributed by atoms with E-state index in [0.29, 0.717) is 25.9 Å². The van der Waals surface area contributed by atoms with E-state index < -0.39 is 11.6 Å².